The summed E-state index contributed by atoms with van der Waals surface area (Å²) < 4.78 is 32.9. The van der Waals surface area contributed by atoms with Crippen LogP contribution in [-0.4, -0.2) is 45.5 Å². The number of sulfonamides is 1. The summed E-state index contributed by atoms with van der Waals surface area (Å²) in [6.07, 6.45) is 0. The Labute approximate surface area is 153 Å². The first-order valence-electron chi connectivity index (χ1n) is 8.44. The third-order valence-corrected chi connectivity index (χ3v) is 5.87. The van der Waals surface area contributed by atoms with E-state index in [1.54, 1.807) is 29.2 Å². The van der Waals surface area contributed by atoms with Gasteiger partial charge in [0.2, 0.25) is 0 Å². The van der Waals surface area contributed by atoms with Crippen LogP contribution < -0.4 is 4.72 Å². The van der Waals surface area contributed by atoms with E-state index in [9.17, 15) is 13.2 Å². The van der Waals surface area contributed by atoms with Crippen molar-refractivity contribution in [3.63, 3.8) is 0 Å². The Hall–Kier alpha value is -2.38. The first-order valence-corrected chi connectivity index (χ1v) is 9.92. The van der Waals surface area contributed by atoms with Gasteiger partial charge in [0, 0.05) is 24.3 Å². The molecule has 0 aromatic heterocycles. The molecule has 26 heavy (non-hydrogen) atoms. The molecular formula is C19H22N2O4S. The molecule has 138 valence electrons. The number of nitrogens with one attached hydrogen (secondary N) is 1. The van der Waals surface area contributed by atoms with Crippen LogP contribution in [0.5, 0.6) is 0 Å². The van der Waals surface area contributed by atoms with E-state index in [4.69, 9.17) is 4.74 Å². The minimum Gasteiger partial charge on any atom is -0.378 e. The maximum atomic E-state index is 12.6. The van der Waals surface area contributed by atoms with Crippen molar-refractivity contribution in [2.45, 2.75) is 18.7 Å². The van der Waals surface area contributed by atoms with Crippen molar-refractivity contribution in [1.82, 2.24) is 4.90 Å². The fourth-order valence-electron chi connectivity index (χ4n) is 2.74. The zero-order valence-corrected chi connectivity index (χ0v) is 15.7. The van der Waals surface area contributed by atoms with Gasteiger partial charge in [0.25, 0.3) is 15.9 Å². The van der Waals surface area contributed by atoms with Crippen LogP contribution in [0.1, 0.15) is 21.5 Å². The lowest BCUT2D eigenvalue weighted by atomic mass is 10.1. The Morgan fingerprint density at radius 2 is 1.65 bits per heavy atom. The molecule has 6 nitrogen and oxygen atoms in total. The van der Waals surface area contributed by atoms with Crippen LogP contribution in [0.25, 0.3) is 0 Å². The topological polar surface area (TPSA) is 75.7 Å². The molecule has 2 aromatic rings. The second-order valence-corrected chi connectivity index (χ2v) is 8.02. The summed E-state index contributed by atoms with van der Waals surface area (Å²) in [7, 11) is -3.71. The molecular weight excluding hydrogens is 352 g/mol. The minimum absolute atomic E-state index is 0.112. The number of aryl methyl sites for hydroxylation is 2. The van der Waals surface area contributed by atoms with Gasteiger partial charge >= 0.3 is 0 Å². The van der Waals surface area contributed by atoms with Crippen LogP contribution in [0, 0.1) is 13.8 Å². The summed E-state index contributed by atoms with van der Waals surface area (Å²) in [4.78, 5) is 14.3. The summed E-state index contributed by atoms with van der Waals surface area (Å²) in [6, 6.07) is 11.4. The highest BCUT2D eigenvalue weighted by molar-refractivity contribution is 7.92. The van der Waals surface area contributed by atoms with Gasteiger partial charge in [-0.15, -0.1) is 0 Å². The van der Waals surface area contributed by atoms with Gasteiger partial charge in [-0.05, 0) is 61.4 Å². The van der Waals surface area contributed by atoms with Crippen molar-refractivity contribution in [1.29, 1.82) is 0 Å². The quantitative estimate of drug-likeness (QED) is 0.892. The summed E-state index contributed by atoms with van der Waals surface area (Å²) >= 11 is 0. The Kier molecular flexibility index (Phi) is 5.29. The lowest BCUT2D eigenvalue weighted by Gasteiger charge is -2.26. The molecule has 3 rings (SSSR count). The number of ether oxygens (including phenoxy) is 1. The summed E-state index contributed by atoms with van der Waals surface area (Å²) in [5.74, 6) is -0.112. The van der Waals surface area contributed by atoms with Crippen molar-refractivity contribution < 1.29 is 17.9 Å². The van der Waals surface area contributed by atoms with Gasteiger partial charge in [-0.25, -0.2) is 8.42 Å². The third-order valence-electron chi connectivity index (χ3n) is 4.47. The van der Waals surface area contributed by atoms with E-state index < -0.39 is 10.0 Å². The molecule has 1 fully saturated rings. The summed E-state index contributed by atoms with van der Waals surface area (Å²) in [5, 5.41) is 0. The highest BCUT2D eigenvalue weighted by Crippen LogP contribution is 2.20. The van der Waals surface area contributed by atoms with Crippen molar-refractivity contribution in [2.24, 2.45) is 0 Å². The average Bonchev–Trinajstić information content (AvgIpc) is 2.65. The minimum atomic E-state index is -3.71. The molecule has 1 aliphatic rings. The number of amides is 1. The van der Waals surface area contributed by atoms with Gasteiger partial charge < -0.3 is 9.64 Å². The Morgan fingerprint density at radius 3 is 2.27 bits per heavy atom. The van der Waals surface area contributed by atoms with Crippen LogP contribution >= 0.6 is 0 Å². The molecule has 0 bridgehead atoms. The van der Waals surface area contributed by atoms with E-state index in [1.807, 2.05) is 19.9 Å². The molecule has 2 aromatic carbocycles. The number of hydrogen-bond acceptors (Lipinski definition) is 4. The van der Waals surface area contributed by atoms with Crippen LogP contribution in [-0.2, 0) is 14.8 Å². The van der Waals surface area contributed by atoms with E-state index in [0.29, 0.717) is 37.6 Å². The van der Waals surface area contributed by atoms with Crippen LogP contribution in [0.15, 0.2) is 47.4 Å². The smallest absolute Gasteiger partial charge is 0.261 e. The lowest BCUT2D eigenvalue weighted by Crippen LogP contribution is -2.40. The van der Waals surface area contributed by atoms with Crippen molar-refractivity contribution in [2.75, 3.05) is 31.0 Å². The maximum Gasteiger partial charge on any atom is 0.261 e. The average molecular weight is 374 g/mol. The molecule has 1 heterocycles. The maximum absolute atomic E-state index is 12.6. The molecule has 0 aliphatic carbocycles. The number of benzene rings is 2. The highest BCUT2D eigenvalue weighted by atomic mass is 32.2. The van der Waals surface area contributed by atoms with E-state index in [-0.39, 0.29) is 10.8 Å². The Morgan fingerprint density at radius 1 is 1.00 bits per heavy atom. The molecule has 0 spiro atoms. The van der Waals surface area contributed by atoms with Crippen molar-refractivity contribution in [3.05, 3.63) is 59.2 Å². The van der Waals surface area contributed by atoms with E-state index >= 15 is 0 Å². The van der Waals surface area contributed by atoms with E-state index in [0.717, 1.165) is 11.1 Å². The van der Waals surface area contributed by atoms with E-state index in [2.05, 4.69) is 4.72 Å². The lowest BCUT2D eigenvalue weighted by molar-refractivity contribution is 0.0303. The zero-order chi connectivity index (χ0) is 18.7. The Balaban J connectivity index is 1.76. The predicted molar refractivity (Wildman–Crippen MR) is 99.9 cm³/mol. The molecule has 1 aliphatic heterocycles. The number of anilines is 1. The van der Waals surface area contributed by atoms with Crippen molar-refractivity contribution in [3.8, 4) is 0 Å². The first-order chi connectivity index (χ1) is 12.4. The van der Waals surface area contributed by atoms with Gasteiger partial charge in [-0.3, -0.25) is 9.52 Å². The number of morpholine rings is 1. The summed E-state index contributed by atoms with van der Waals surface area (Å²) in [6.45, 7) is 6.05. The fourth-order valence-corrected chi connectivity index (χ4v) is 3.79. The fraction of sp³-hybridized carbons (Fsp3) is 0.316. The van der Waals surface area contributed by atoms with Gasteiger partial charge in [0.05, 0.1) is 18.1 Å². The van der Waals surface area contributed by atoms with Gasteiger partial charge in [-0.2, -0.15) is 0 Å². The van der Waals surface area contributed by atoms with Crippen LogP contribution in [0.4, 0.5) is 5.69 Å². The number of carbonyl (C=O) groups is 1. The molecule has 0 atom stereocenters. The Bertz CT molecular complexity index is 902. The normalized spacial score (nSPS) is 14.9. The van der Waals surface area contributed by atoms with Gasteiger partial charge in [0.1, 0.15) is 0 Å². The number of hydrogen-bond donors (Lipinski definition) is 1. The largest absolute Gasteiger partial charge is 0.378 e. The predicted octanol–water partition coefficient (Wildman–Crippen LogP) is 2.58. The number of rotatable bonds is 4. The molecule has 1 N–H and O–H groups in total. The second-order valence-electron chi connectivity index (χ2n) is 6.33. The molecule has 7 heteroatoms. The SMILES string of the molecule is Cc1ccc(NS(=O)(=O)c2ccc(C(=O)N3CCOCC3)cc2)cc1C. The van der Waals surface area contributed by atoms with Gasteiger partial charge in [0.15, 0.2) is 0 Å². The molecule has 0 radical (unpaired) electrons. The highest BCUT2D eigenvalue weighted by Gasteiger charge is 2.20. The van der Waals surface area contributed by atoms with Crippen LogP contribution in [0.3, 0.4) is 0 Å². The standard InChI is InChI=1S/C19H22N2O4S/c1-14-3-6-17(13-15(14)2)20-26(23,24)18-7-4-16(5-8-18)19(22)21-9-11-25-12-10-21/h3-8,13,20H,9-12H2,1-2H3. The molecule has 1 amide bonds. The monoisotopic (exact) mass is 374 g/mol. The second kappa shape index (κ2) is 7.47. The summed E-state index contributed by atoms with van der Waals surface area (Å²) in [5.41, 5.74) is 3.09. The molecule has 0 unspecified atom stereocenters. The van der Waals surface area contributed by atoms with Crippen LogP contribution in [0.2, 0.25) is 0 Å². The first kappa shape index (κ1) is 18.4. The van der Waals surface area contributed by atoms with E-state index in [1.165, 1.54) is 12.1 Å². The zero-order valence-electron chi connectivity index (χ0n) is 14.9. The number of nitrogens with zero attached hydrogens (tertiary/aromatic N) is 1. The molecule has 1 saturated heterocycles. The third kappa shape index (κ3) is 4.05. The molecule has 0 saturated carbocycles. The van der Waals surface area contributed by atoms with Crippen molar-refractivity contribution >= 4 is 21.6 Å². The van der Waals surface area contributed by atoms with Gasteiger partial charge in [-0.1, -0.05) is 6.07 Å². The number of carbonyl (C=O) groups excluding carboxylic acids is 1.